The number of aliphatic hydroxyl groups is 8. The number of hydrogen-bond donors (Lipinski definition) is 9. The van der Waals surface area contributed by atoms with E-state index in [1.807, 2.05) is 6.08 Å². The van der Waals surface area contributed by atoms with Crippen LogP contribution in [0.3, 0.4) is 0 Å². The minimum absolute atomic E-state index is 0.260. The molecule has 12 atom stereocenters. The summed E-state index contributed by atoms with van der Waals surface area (Å²) in [5, 5.41) is 86.6. The lowest BCUT2D eigenvalue weighted by Crippen LogP contribution is -2.65. The molecule has 0 aliphatic carbocycles. The summed E-state index contributed by atoms with van der Waals surface area (Å²) in [6.07, 6.45) is 23.3. The highest BCUT2D eigenvalue weighted by Crippen LogP contribution is 2.30. The van der Waals surface area contributed by atoms with Crippen LogP contribution in [0.5, 0.6) is 0 Å². The molecule has 2 fully saturated rings. The Balaban J connectivity index is 1.88. The van der Waals surface area contributed by atoms with Crippen LogP contribution in [-0.2, 0) is 23.7 Å². The molecule has 1 amide bonds. The van der Waals surface area contributed by atoms with Crippen molar-refractivity contribution < 1.29 is 64.6 Å². The maximum absolute atomic E-state index is 13.1. The zero-order valence-electron chi connectivity index (χ0n) is 38.8. The predicted molar refractivity (Wildman–Crippen MR) is 244 cm³/mol. The second-order valence-electron chi connectivity index (χ2n) is 17.6. The van der Waals surface area contributed by atoms with Gasteiger partial charge in [0.15, 0.2) is 12.6 Å². The predicted octanol–water partition coefficient (Wildman–Crippen LogP) is 5.93. The summed E-state index contributed by atoms with van der Waals surface area (Å²) < 4.78 is 22.6. The van der Waals surface area contributed by atoms with Crippen molar-refractivity contribution >= 4 is 5.91 Å². The van der Waals surface area contributed by atoms with Crippen molar-refractivity contribution in [3.63, 3.8) is 0 Å². The van der Waals surface area contributed by atoms with Crippen molar-refractivity contribution in [2.75, 3.05) is 19.8 Å². The second-order valence-corrected chi connectivity index (χ2v) is 17.6. The van der Waals surface area contributed by atoms with Crippen LogP contribution < -0.4 is 5.32 Å². The van der Waals surface area contributed by atoms with Gasteiger partial charge in [0.25, 0.3) is 0 Å². The van der Waals surface area contributed by atoms with Crippen LogP contribution in [0.2, 0.25) is 0 Å². The van der Waals surface area contributed by atoms with Gasteiger partial charge in [-0.1, -0.05) is 147 Å². The second kappa shape index (κ2) is 36.3. The van der Waals surface area contributed by atoms with Crippen molar-refractivity contribution in [1.82, 2.24) is 5.32 Å². The van der Waals surface area contributed by atoms with Gasteiger partial charge in [0, 0.05) is 6.42 Å². The van der Waals surface area contributed by atoms with Gasteiger partial charge in [-0.2, -0.15) is 0 Å². The normalized spacial score (nSPS) is 27.8. The fourth-order valence-electron chi connectivity index (χ4n) is 7.95. The first kappa shape index (κ1) is 57.3. The van der Waals surface area contributed by atoms with Gasteiger partial charge < -0.3 is 65.1 Å². The van der Waals surface area contributed by atoms with E-state index in [9.17, 15) is 45.6 Å². The van der Waals surface area contributed by atoms with Gasteiger partial charge in [0.2, 0.25) is 5.91 Å². The maximum atomic E-state index is 13.1. The molecule has 0 aromatic heterocycles. The van der Waals surface area contributed by atoms with Crippen molar-refractivity contribution in [1.29, 1.82) is 0 Å². The number of unbranched alkanes of at least 4 members (excludes halogenated alkanes) is 20. The van der Waals surface area contributed by atoms with Crippen LogP contribution in [0.4, 0.5) is 0 Å². The Morgan fingerprint density at radius 2 is 1.02 bits per heavy atom. The quantitative estimate of drug-likeness (QED) is 0.0261. The minimum atomic E-state index is -1.79. The molecule has 2 aliphatic rings. The highest BCUT2D eigenvalue weighted by Gasteiger charge is 2.51. The van der Waals surface area contributed by atoms with E-state index in [1.165, 1.54) is 89.9 Å². The van der Waals surface area contributed by atoms with E-state index >= 15 is 0 Å². The Morgan fingerprint density at radius 1 is 0.556 bits per heavy atom. The third kappa shape index (κ3) is 24.0. The van der Waals surface area contributed by atoms with Gasteiger partial charge in [-0.15, -0.1) is 0 Å². The first-order valence-electron chi connectivity index (χ1n) is 24.7. The molecule has 14 heteroatoms. The van der Waals surface area contributed by atoms with E-state index in [2.05, 4.69) is 43.5 Å². The van der Waals surface area contributed by atoms with Gasteiger partial charge in [0.05, 0.1) is 32.0 Å². The van der Waals surface area contributed by atoms with Gasteiger partial charge in [-0.05, 0) is 57.8 Å². The number of ether oxygens (including phenoxy) is 4. The zero-order valence-corrected chi connectivity index (χ0v) is 38.8. The molecule has 2 heterocycles. The number of hydrogen-bond acceptors (Lipinski definition) is 13. The van der Waals surface area contributed by atoms with Gasteiger partial charge >= 0.3 is 0 Å². The van der Waals surface area contributed by atoms with E-state index < -0.39 is 86.8 Å². The zero-order chi connectivity index (χ0) is 46.1. The average molecular weight is 900 g/mol. The Hall–Kier alpha value is -1.79. The lowest BCUT2D eigenvalue weighted by Gasteiger charge is -2.46. The van der Waals surface area contributed by atoms with E-state index in [-0.39, 0.29) is 18.9 Å². The molecule has 14 nitrogen and oxygen atoms in total. The maximum Gasteiger partial charge on any atom is 0.220 e. The molecular formula is C49H89NO13. The Morgan fingerprint density at radius 3 is 1.56 bits per heavy atom. The summed E-state index contributed by atoms with van der Waals surface area (Å²) in [4.78, 5) is 13.1. The number of nitrogens with one attached hydrogen (secondary N) is 1. The first-order valence-corrected chi connectivity index (χ1v) is 24.7. The van der Waals surface area contributed by atoms with E-state index in [4.69, 9.17) is 18.9 Å². The van der Waals surface area contributed by atoms with Crippen molar-refractivity contribution in [3.8, 4) is 0 Å². The molecule has 63 heavy (non-hydrogen) atoms. The Kier molecular flexibility index (Phi) is 33.1. The molecular weight excluding hydrogens is 811 g/mol. The molecule has 12 unspecified atom stereocenters. The SMILES string of the molecule is CCCCCCCCC/C=C\CCCCCCCC(=O)NC(COC1OC(CO)C(OC2OC(CO)C(O)C(O)C2O)C(O)C1O)C(O)/C=C/CC/C=C/CCCCCCCCC. The number of aliphatic hydroxyl groups excluding tert-OH is 8. The molecule has 0 saturated carbocycles. The number of rotatable bonds is 37. The average Bonchev–Trinajstić information content (AvgIpc) is 3.28. The van der Waals surface area contributed by atoms with Crippen LogP contribution in [0.15, 0.2) is 36.5 Å². The van der Waals surface area contributed by atoms with E-state index in [0.29, 0.717) is 12.8 Å². The summed E-state index contributed by atoms with van der Waals surface area (Å²) in [5.74, 6) is -0.260. The van der Waals surface area contributed by atoms with Gasteiger partial charge in [-0.3, -0.25) is 4.79 Å². The standard InChI is InChI=1S/C49H89NO13/c1-3-5-7-9-11-13-15-17-18-19-21-23-25-27-29-31-33-41(54)50-37(38(53)32-30-28-26-24-22-20-16-14-12-10-8-6-4-2)36-60-48-46(59)44(57)47(40(35-52)62-48)63-49-45(58)43(56)42(55)39(34-51)61-49/h18-19,22,24,30,32,37-40,42-49,51-53,55-59H,3-17,20-21,23,25-29,31,33-36H2,1-2H3,(H,50,54)/b19-18-,24-22+,32-30+. The fourth-order valence-corrected chi connectivity index (χ4v) is 7.95. The summed E-state index contributed by atoms with van der Waals surface area (Å²) in [6, 6.07) is -0.932. The summed E-state index contributed by atoms with van der Waals surface area (Å²) in [5.41, 5.74) is 0. The molecule has 2 saturated heterocycles. The molecule has 0 bridgehead atoms. The minimum Gasteiger partial charge on any atom is -0.394 e. The van der Waals surface area contributed by atoms with Crippen LogP contribution in [-0.4, -0.2) is 140 Å². The largest absolute Gasteiger partial charge is 0.394 e. The number of carbonyl (C=O) groups is 1. The molecule has 368 valence electrons. The van der Waals surface area contributed by atoms with Crippen LogP contribution in [0.25, 0.3) is 0 Å². The lowest BCUT2D eigenvalue weighted by atomic mass is 9.97. The summed E-state index contributed by atoms with van der Waals surface area (Å²) in [7, 11) is 0. The lowest BCUT2D eigenvalue weighted by molar-refractivity contribution is -0.359. The highest BCUT2D eigenvalue weighted by molar-refractivity contribution is 5.76. The van der Waals surface area contributed by atoms with E-state index in [0.717, 1.165) is 51.4 Å². The number of amides is 1. The molecule has 2 aliphatic heterocycles. The van der Waals surface area contributed by atoms with Gasteiger partial charge in [-0.25, -0.2) is 0 Å². The molecule has 9 N–H and O–H groups in total. The number of allylic oxidation sites excluding steroid dienone is 5. The molecule has 0 radical (unpaired) electrons. The third-order valence-corrected chi connectivity index (χ3v) is 12.0. The smallest absolute Gasteiger partial charge is 0.220 e. The first-order chi connectivity index (χ1) is 30.6. The van der Waals surface area contributed by atoms with Crippen LogP contribution >= 0.6 is 0 Å². The summed E-state index contributed by atoms with van der Waals surface area (Å²) >= 11 is 0. The highest BCUT2D eigenvalue weighted by atomic mass is 16.7. The molecule has 0 aromatic rings. The van der Waals surface area contributed by atoms with Crippen molar-refractivity contribution in [2.24, 2.45) is 0 Å². The van der Waals surface area contributed by atoms with Gasteiger partial charge in [0.1, 0.15) is 48.8 Å². The van der Waals surface area contributed by atoms with Crippen molar-refractivity contribution in [2.45, 2.75) is 248 Å². The van der Waals surface area contributed by atoms with E-state index in [1.54, 1.807) is 6.08 Å². The molecule has 0 spiro atoms. The molecule has 2 rings (SSSR count). The third-order valence-electron chi connectivity index (χ3n) is 12.0. The van der Waals surface area contributed by atoms with Crippen molar-refractivity contribution in [3.05, 3.63) is 36.5 Å². The van der Waals surface area contributed by atoms with Crippen LogP contribution in [0, 0.1) is 0 Å². The molecule has 0 aromatic carbocycles. The fraction of sp³-hybridized carbons (Fsp3) is 0.857. The topological polar surface area (TPSA) is 228 Å². The summed E-state index contributed by atoms with van der Waals surface area (Å²) in [6.45, 7) is 2.73. The Bertz CT molecular complexity index is 1200. The number of carbonyl (C=O) groups excluding carboxylic acids is 1. The monoisotopic (exact) mass is 900 g/mol. The van der Waals surface area contributed by atoms with Crippen LogP contribution in [0.1, 0.15) is 174 Å². The Labute approximate surface area is 379 Å².